The van der Waals surface area contributed by atoms with E-state index in [0.29, 0.717) is 5.69 Å². The molecule has 5 heteroatoms. The predicted octanol–water partition coefficient (Wildman–Crippen LogP) is 2.04. The van der Waals surface area contributed by atoms with Crippen LogP contribution in [0.3, 0.4) is 0 Å². The van der Waals surface area contributed by atoms with Crippen molar-refractivity contribution in [2.75, 3.05) is 13.6 Å². The van der Waals surface area contributed by atoms with Crippen LogP contribution in [0.4, 0.5) is 0 Å². The van der Waals surface area contributed by atoms with E-state index in [1.54, 1.807) is 17.8 Å². The van der Waals surface area contributed by atoms with Crippen LogP contribution in [0, 0.1) is 6.92 Å². The zero-order chi connectivity index (χ0) is 15.2. The van der Waals surface area contributed by atoms with Gasteiger partial charge in [-0.15, -0.1) is 0 Å². The highest BCUT2D eigenvalue weighted by Crippen LogP contribution is 2.15. The summed E-state index contributed by atoms with van der Waals surface area (Å²) in [5.74, 6) is -0.174. The molecule has 21 heavy (non-hydrogen) atoms. The molecule has 2 rings (SSSR count). The minimum atomic E-state index is -0.174. The molecule has 5 nitrogen and oxygen atoms in total. The maximum Gasteiger partial charge on any atom is 0.271 e. The smallest absolute Gasteiger partial charge is 0.271 e. The fourth-order valence-corrected chi connectivity index (χ4v) is 2.20. The number of hydrogen-bond acceptors (Lipinski definition) is 3. The van der Waals surface area contributed by atoms with E-state index >= 15 is 0 Å². The van der Waals surface area contributed by atoms with Crippen LogP contribution < -0.4 is 10.6 Å². The summed E-state index contributed by atoms with van der Waals surface area (Å²) < 4.78 is 1.74. The van der Waals surface area contributed by atoms with Gasteiger partial charge in [-0.2, -0.15) is 5.10 Å². The maximum absolute atomic E-state index is 11.5. The normalized spacial score (nSPS) is 10.6. The van der Waals surface area contributed by atoms with Crippen molar-refractivity contribution in [2.45, 2.75) is 26.8 Å². The molecule has 0 aliphatic rings. The number of aromatic nitrogens is 2. The topological polar surface area (TPSA) is 59.0 Å². The second-order valence-corrected chi connectivity index (χ2v) is 5.02. The molecule has 0 radical (unpaired) electrons. The Bertz CT molecular complexity index is 618. The average molecular weight is 286 g/mol. The van der Waals surface area contributed by atoms with Crippen molar-refractivity contribution in [3.8, 4) is 5.69 Å². The molecular weight excluding hydrogens is 264 g/mol. The van der Waals surface area contributed by atoms with Crippen molar-refractivity contribution in [2.24, 2.45) is 0 Å². The lowest BCUT2D eigenvalue weighted by molar-refractivity contribution is 0.0957. The highest BCUT2D eigenvalue weighted by molar-refractivity contribution is 5.91. The van der Waals surface area contributed by atoms with E-state index in [1.165, 1.54) is 5.56 Å². The molecule has 0 saturated heterocycles. The van der Waals surface area contributed by atoms with Gasteiger partial charge in [0.2, 0.25) is 0 Å². The first-order valence-electron chi connectivity index (χ1n) is 7.24. The molecule has 1 aromatic carbocycles. The van der Waals surface area contributed by atoms with Gasteiger partial charge in [-0.25, -0.2) is 4.68 Å². The molecule has 0 unspecified atom stereocenters. The Hall–Kier alpha value is -2.14. The van der Waals surface area contributed by atoms with Crippen molar-refractivity contribution in [1.29, 1.82) is 0 Å². The molecule has 1 aromatic heterocycles. The van der Waals surface area contributed by atoms with Crippen LogP contribution in [0.2, 0.25) is 0 Å². The Kier molecular flexibility index (Phi) is 5.11. The fraction of sp³-hybridized carbons (Fsp3) is 0.375. The molecule has 0 aliphatic heterocycles. The maximum atomic E-state index is 11.5. The zero-order valence-electron chi connectivity index (χ0n) is 12.8. The third-order valence-electron chi connectivity index (χ3n) is 3.31. The molecule has 0 bridgehead atoms. The van der Waals surface area contributed by atoms with Gasteiger partial charge in [0.1, 0.15) is 0 Å². The number of nitrogens with one attached hydrogen (secondary N) is 2. The van der Waals surface area contributed by atoms with Crippen molar-refractivity contribution in [3.05, 3.63) is 47.3 Å². The van der Waals surface area contributed by atoms with E-state index in [4.69, 9.17) is 0 Å². The van der Waals surface area contributed by atoms with Crippen LogP contribution >= 0.6 is 0 Å². The SMILES string of the molecule is CCCNCc1ccc(-n2ccc(C(=O)NC)n2)c(C)c1. The Balaban J connectivity index is 2.17. The monoisotopic (exact) mass is 286 g/mol. The molecular formula is C16H22N4O. The summed E-state index contributed by atoms with van der Waals surface area (Å²) in [4.78, 5) is 11.5. The van der Waals surface area contributed by atoms with Crippen LogP contribution in [-0.2, 0) is 6.54 Å². The standard InChI is InChI=1S/C16H22N4O/c1-4-8-18-11-13-5-6-15(12(2)10-13)20-9-7-14(19-20)16(21)17-3/h5-7,9-10,18H,4,8,11H2,1-3H3,(H,17,21). The zero-order valence-corrected chi connectivity index (χ0v) is 12.8. The van der Waals surface area contributed by atoms with E-state index in [1.807, 2.05) is 12.3 Å². The molecule has 0 fully saturated rings. The Morgan fingerprint density at radius 3 is 2.81 bits per heavy atom. The molecule has 0 atom stereocenters. The Labute approximate surface area is 125 Å². The minimum Gasteiger partial charge on any atom is -0.354 e. The van der Waals surface area contributed by atoms with Gasteiger partial charge in [-0.3, -0.25) is 4.79 Å². The van der Waals surface area contributed by atoms with Gasteiger partial charge < -0.3 is 10.6 Å². The number of carbonyl (C=O) groups excluding carboxylic acids is 1. The lowest BCUT2D eigenvalue weighted by Gasteiger charge is -2.09. The van der Waals surface area contributed by atoms with Crippen LogP contribution in [0.5, 0.6) is 0 Å². The van der Waals surface area contributed by atoms with Gasteiger partial charge in [0.15, 0.2) is 5.69 Å². The largest absolute Gasteiger partial charge is 0.354 e. The van der Waals surface area contributed by atoms with Crippen LogP contribution in [0.15, 0.2) is 30.5 Å². The molecule has 1 heterocycles. The van der Waals surface area contributed by atoms with Gasteiger partial charge in [0.25, 0.3) is 5.91 Å². The van der Waals surface area contributed by atoms with E-state index in [-0.39, 0.29) is 5.91 Å². The first-order valence-corrected chi connectivity index (χ1v) is 7.24. The second-order valence-electron chi connectivity index (χ2n) is 5.02. The first-order chi connectivity index (χ1) is 10.2. The van der Waals surface area contributed by atoms with Crippen LogP contribution in [-0.4, -0.2) is 29.3 Å². The van der Waals surface area contributed by atoms with Gasteiger partial charge in [0, 0.05) is 19.8 Å². The number of aryl methyl sites for hydroxylation is 1. The molecule has 0 saturated carbocycles. The quantitative estimate of drug-likeness (QED) is 0.799. The molecule has 0 aliphatic carbocycles. The molecule has 2 N–H and O–H groups in total. The van der Waals surface area contributed by atoms with E-state index < -0.39 is 0 Å². The van der Waals surface area contributed by atoms with E-state index in [0.717, 1.165) is 30.8 Å². The summed E-state index contributed by atoms with van der Waals surface area (Å²) in [6, 6.07) is 8.00. The summed E-state index contributed by atoms with van der Waals surface area (Å²) in [6.07, 6.45) is 2.94. The summed E-state index contributed by atoms with van der Waals surface area (Å²) in [6.45, 7) is 6.11. The second kappa shape index (κ2) is 7.04. The lowest BCUT2D eigenvalue weighted by atomic mass is 10.1. The Morgan fingerprint density at radius 2 is 2.14 bits per heavy atom. The number of benzene rings is 1. The summed E-state index contributed by atoms with van der Waals surface area (Å²) in [7, 11) is 1.60. The number of amides is 1. The van der Waals surface area contributed by atoms with Crippen molar-refractivity contribution in [1.82, 2.24) is 20.4 Å². The van der Waals surface area contributed by atoms with Crippen molar-refractivity contribution >= 4 is 5.91 Å². The fourth-order valence-electron chi connectivity index (χ4n) is 2.20. The lowest BCUT2D eigenvalue weighted by Crippen LogP contribution is -2.18. The van der Waals surface area contributed by atoms with Gasteiger partial charge in [0.05, 0.1) is 5.69 Å². The number of hydrogen-bond donors (Lipinski definition) is 2. The predicted molar refractivity (Wildman–Crippen MR) is 83.7 cm³/mol. The molecule has 1 amide bonds. The van der Waals surface area contributed by atoms with Gasteiger partial charge in [-0.05, 0) is 43.1 Å². The third kappa shape index (κ3) is 3.70. The van der Waals surface area contributed by atoms with E-state index in [2.05, 4.69) is 41.7 Å². The highest BCUT2D eigenvalue weighted by Gasteiger charge is 2.09. The van der Waals surface area contributed by atoms with Crippen LogP contribution in [0.1, 0.15) is 35.0 Å². The Morgan fingerprint density at radius 1 is 1.33 bits per heavy atom. The first kappa shape index (κ1) is 15.3. The number of carbonyl (C=O) groups is 1. The molecule has 0 spiro atoms. The number of nitrogens with zero attached hydrogens (tertiary/aromatic N) is 2. The van der Waals surface area contributed by atoms with Crippen molar-refractivity contribution in [3.63, 3.8) is 0 Å². The summed E-state index contributed by atoms with van der Waals surface area (Å²) in [5.41, 5.74) is 3.80. The highest BCUT2D eigenvalue weighted by atomic mass is 16.1. The summed E-state index contributed by atoms with van der Waals surface area (Å²) in [5, 5.41) is 10.3. The van der Waals surface area contributed by atoms with E-state index in [9.17, 15) is 4.79 Å². The van der Waals surface area contributed by atoms with Crippen LogP contribution in [0.25, 0.3) is 5.69 Å². The van der Waals surface area contributed by atoms with Crippen molar-refractivity contribution < 1.29 is 4.79 Å². The summed E-state index contributed by atoms with van der Waals surface area (Å²) >= 11 is 0. The third-order valence-corrected chi connectivity index (χ3v) is 3.31. The van der Waals surface area contributed by atoms with Gasteiger partial charge >= 0.3 is 0 Å². The minimum absolute atomic E-state index is 0.174. The average Bonchev–Trinajstić information content (AvgIpc) is 2.96. The van der Waals surface area contributed by atoms with Gasteiger partial charge in [-0.1, -0.05) is 19.1 Å². The molecule has 2 aromatic rings. The number of rotatable bonds is 6. The molecule has 112 valence electrons.